The number of aryl methyl sites for hydroxylation is 2. The number of hydrogen-bond acceptors (Lipinski definition) is 3. The molecule has 1 aromatic heterocycles. The molecule has 0 bridgehead atoms. The van der Waals surface area contributed by atoms with E-state index in [2.05, 4.69) is 9.55 Å². The minimum atomic E-state index is -0.871. The molecule has 2 rings (SSSR count). The average Bonchev–Trinajstić information content (AvgIpc) is 2.77. The van der Waals surface area contributed by atoms with Gasteiger partial charge in [0.05, 0.1) is 11.1 Å². The largest absolute Gasteiger partial charge is 0.481 e. The number of aliphatic carboxylic acids is 1. The second-order valence-electron chi connectivity index (χ2n) is 5.12. The van der Waals surface area contributed by atoms with Crippen LogP contribution in [0.25, 0.3) is 0 Å². The molecule has 1 aliphatic rings. The van der Waals surface area contributed by atoms with Gasteiger partial charge >= 0.3 is 5.97 Å². The van der Waals surface area contributed by atoms with Gasteiger partial charge in [0.2, 0.25) is 0 Å². The highest BCUT2D eigenvalue weighted by Crippen LogP contribution is 2.27. The van der Waals surface area contributed by atoms with Crippen molar-refractivity contribution in [2.75, 3.05) is 6.54 Å². The molecule has 0 aliphatic carbocycles. The van der Waals surface area contributed by atoms with E-state index in [4.69, 9.17) is 5.73 Å². The molecule has 0 saturated carbocycles. The van der Waals surface area contributed by atoms with Gasteiger partial charge in [-0.3, -0.25) is 4.79 Å². The summed E-state index contributed by atoms with van der Waals surface area (Å²) in [5.41, 5.74) is 5.67. The molecule has 0 amide bonds. The van der Waals surface area contributed by atoms with Crippen molar-refractivity contribution >= 4 is 5.97 Å². The van der Waals surface area contributed by atoms with Crippen LogP contribution in [0.4, 0.5) is 0 Å². The van der Waals surface area contributed by atoms with Gasteiger partial charge in [0, 0.05) is 32.1 Å². The van der Waals surface area contributed by atoms with E-state index in [0.29, 0.717) is 12.8 Å². The lowest BCUT2D eigenvalue weighted by molar-refractivity contribution is -0.148. The molecule has 1 unspecified atom stereocenters. The van der Waals surface area contributed by atoms with Crippen LogP contribution in [0.5, 0.6) is 0 Å². The first-order valence-corrected chi connectivity index (χ1v) is 6.59. The second kappa shape index (κ2) is 5.10. The van der Waals surface area contributed by atoms with E-state index in [0.717, 1.165) is 24.5 Å². The van der Waals surface area contributed by atoms with Crippen molar-refractivity contribution in [1.82, 2.24) is 9.55 Å². The normalized spacial score (nSPS) is 18.1. The number of aromatic nitrogens is 2. The molecule has 5 nitrogen and oxygen atoms in total. The number of fused-ring (bicyclic) bond motifs is 1. The predicted octanol–water partition coefficient (Wildman–Crippen LogP) is 1.20. The summed E-state index contributed by atoms with van der Waals surface area (Å²) in [7, 11) is 0. The minimum Gasteiger partial charge on any atom is -0.481 e. The third-order valence-electron chi connectivity index (χ3n) is 4.00. The molecular formula is C13H21N3O2. The lowest BCUT2D eigenvalue weighted by Crippen LogP contribution is -2.40. The van der Waals surface area contributed by atoms with E-state index < -0.39 is 11.4 Å². The van der Waals surface area contributed by atoms with Crippen molar-refractivity contribution in [2.45, 2.75) is 45.6 Å². The monoisotopic (exact) mass is 251 g/mol. The Labute approximate surface area is 107 Å². The Morgan fingerprint density at radius 3 is 2.94 bits per heavy atom. The van der Waals surface area contributed by atoms with Crippen LogP contribution in [0, 0.1) is 5.41 Å². The van der Waals surface area contributed by atoms with Crippen molar-refractivity contribution in [3.05, 3.63) is 17.7 Å². The number of carboxylic acids is 1. The molecule has 0 fully saturated rings. The van der Waals surface area contributed by atoms with Crippen LogP contribution in [0.2, 0.25) is 0 Å². The number of imidazole rings is 1. The Bertz CT molecular complexity index is 412. The second-order valence-corrected chi connectivity index (χ2v) is 5.12. The molecule has 5 heteroatoms. The van der Waals surface area contributed by atoms with Gasteiger partial charge < -0.3 is 15.4 Å². The number of carbonyl (C=O) groups is 1. The minimum absolute atomic E-state index is 0.154. The first-order valence-electron chi connectivity index (χ1n) is 6.59. The molecule has 0 radical (unpaired) electrons. The fourth-order valence-electron chi connectivity index (χ4n) is 2.56. The smallest absolute Gasteiger partial charge is 0.311 e. The average molecular weight is 251 g/mol. The maximum Gasteiger partial charge on any atom is 0.311 e. The Kier molecular flexibility index (Phi) is 3.71. The third kappa shape index (κ3) is 2.27. The zero-order chi connectivity index (χ0) is 13.2. The van der Waals surface area contributed by atoms with E-state index >= 15 is 0 Å². The van der Waals surface area contributed by atoms with Crippen molar-refractivity contribution in [2.24, 2.45) is 11.1 Å². The Morgan fingerprint density at radius 2 is 2.39 bits per heavy atom. The van der Waals surface area contributed by atoms with Crippen molar-refractivity contribution < 1.29 is 9.90 Å². The lowest BCUT2D eigenvalue weighted by Gasteiger charge is -2.25. The number of rotatable bonds is 5. The van der Waals surface area contributed by atoms with Crippen molar-refractivity contribution in [1.29, 1.82) is 0 Å². The van der Waals surface area contributed by atoms with E-state index in [-0.39, 0.29) is 6.54 Å². The van der Waals surface area contributed by atoms with Crippen molar-refractivity contribution in [3.8, 4) is 0 Å². The molecule has 1 atom stereocenters. The maximum atomic E-state index is 11.4. The lowest BCUT2D eigenvalue weighted by atomic mass is 9.81. The Hall–Kier alpha value is -1.36. The molecule has 0 saturated heterocycles. The molecular weight excluding hydrogens is 230 g/mol. The first-order chi connectivity index (χ1) is 8.61. The highest BCUT2D eigenvalue weighted by molar-refractivity contribution is 5.75. The molecule has 3 N–H and O–H groups in total. The van der Waals surface area contributed by atoms with Crippen LogP contribution in [-0.2, 0) is 24.2 Å². The Balaban J connectivity index is 2.21. The van der Waals surface area contributed by atoms with Gasteiger partial charge in [0.25, 0.3) is 0 Å². The van der Waals surface area contributed by atoms with Crippen LogP contribution in [0.3, 0.4) is 0 Å². The summed E-state index contributed by atoms with van der Waals surface area (Å²) >= 11 is 0. The molecule has 0 spiro atoms. The van der Waals surface area contributed by atoms with E-state index in [9.17, 15) is 9.90 Å². The van der Waals surface area contributed by atoms with Gasteiger partial charge in [-0.15, -0.1) is 0 Å². The molecule has 2 heterocycles. The fraction of sp³-hybridized carbons (Fsp3) is 0.692. The SMILES string of the molecule is CCC(CN)(Cc1cn2c(n1)CCCC2)C(=O)O. The first kappa shape index (κ1) is 13.1. The predicted molar refractivity (Wildman–Crippen MR) is 68.3 cm³/mol. The number of hydrogen-bond donors (Lipinski definition) is 2. The Morgan fingerprint density at radius 1 is 1.61 bits per heavy atom. The van der Waals surface area contributed by atoms with Gasteiger partial charge in [-0.25, -0.2) is 4.98 Å². The summed E-state index contributed by atoms with van der Waals surface area (Å²) in [4.78, 5) is 16.0. The van der Waals surface area contributed by atoms with E-state index in [1.165, 1.54) is 12.8 Å². The van der Waals surface area contributed by atoms with E-state index in [1.807, 2.05) is 13.1 Å². The van der Waals surface area contributed by atoms with Crippen LogP contribution in [0.15, 0.2) is 6.20 Å². The zero-order valence-corrected chi connectivity index (χ0v) is 10.9. The molecule has 1 aromatic rings. The zero-order valence-electron chi connectivity index (χ0n) is 10.9. The summed E-state index contributed by atoms with van der Waals surface area (Å²) in [6, 6.07) is 0. The van der Waals surface area contributed by atoms with Crippen LogP contribution in [-0.4, -0.2) is 27.2 Å². The number of carboxylic acid groups (broad SMARTS) is 1. The molecule has 18 heavy (non-hydrogen) atoms. The van der Waals surface area contributed by atoms with Gasteiger partial charge in [0.15, 0.2) is 0 Å². The third-order valence-corrected chi connectivity index (χ3v) is 4.00. The fourth-order valence-corrected chi connectivity index (χ4v) is 2.56. The molecule has 100 valence electrons. The number of nitrogens with zero attached hydrogens (tertiary/aromatic N) is 2. The number of nitrogens with two attached hydrogens (primary N) is 1. The summed E-state index contributed by atoms with van der Waals surface area (Å²) in [5.74, 6) is 0.266. The van der Waals surface area contributed by atoms with Crippen molar-refractivity contribution in [3.63, 3.8) is 0 Å². The van der Waals surface area contributed by atoms with Crippen LogP contribution in [0.1, 0.15) is 37.7 Å². The van der Waals surface area contributed by atoms with Gasteiger partial charge in [-0.2, -0.15) is 0 Å². The molecule has 0 aromatic carbocycles. The highest BCUT2D eigenvalue weighted by Gasteiger charge is 2.36. The highest BCUT2D eigenvalue weighted by atomic mass is 16.4. The summed E-state index contributed by atoms with van der Waals surface area (Å²) < 4.78 is 2.15. The van der Waals surface area contributed by atoms with Gasteiger partial charge in [-0.05, 0) is 19.3 Å². The maximum absolute atomic E-state index is 11.4. The summed E-state index contributed by atoms with van der Waals surface area (Å²) in [6.45, 7) is 3.02. The standard InChI is InChI=1S/C13H21N3O2/c1-2-13(9-14,12(17)18)7-10-8-16-6-4-3-5-11(16)15-10/h8H,2-7,9,14H2,1H3,(H,17,18). The quantitative estimate of drug-likeness (QED) is 0.824. The van der Waals surface area contributed by atoms with E-state index in [1.54, 1.807) is 0 Å². The molecule has 1 aliphatic heterocycles. The van der Waals surface area contributed by atoms with Crippen LogP contribution < -0.4 is 5.73 Å². The summed E-state index contributed by atoms with van der Waals surface area (Å²) in [6.07, 6.45) is 6.30. The summed E-state index contributed by atoms with van der Waals surface area (Å²) in [5, 5.41) is 9.37. The topological polar surface area (TPSA) is 81.1 Å². The van der Waals surface area contributed by atoms with Gasteiger partial charge in [0.1, 0.15) is 5.82 Å². The van der Waals surface area contributed by atoms with Gasteiger partial charge in [-0.1, -0.05) is 6.92 Å². The van der Waals surface area contributed by atoms with Crippen LogP contribution >= 0.6 is 0 Å².